The molecule has 0 radical (unpaired) electrons. The number of unbranched alkanes of at least 4 members (excludes halogenated alkanes) is 1. The highest BCUT2D eigenvalue weighted by Crippen LogP contribution is 2.24. The molecule has 9 nitrogen and oxygen atoms in total. The number of nitro groups is 1. The number of nitrogens with zero attached hydrogens (tertiary/aromatic N) is 3. The molecule has 0 aliphatic rings. The van der Waals surface area contributed by atoms with E-state index in [2.05, 4.69) is 27.7 Å². The molecule has 0 unspecified atom stereocenters. The molecule has 2 rings (SSSR count). The average Bonchev–Trinajstić information content (AvgIpc) is 2.79. The normalized spacial score (nSPS) is 10.7. The number of anilines is 2. The Bertz CT molecular complexity index is 915. The fourth-order valence-corrected chi connectivity index (χ4v) is 3.08. The van der Waals surface area contributed by atoms with E-state index in [0.717, 1.165) is 43.1 Å². The summed E-state index contributed by atoms with van der Waals surface area (Å²) in [5.74, 6) is 0.431. The van der Waals surface area contributed by atoms with Crippen LogP contribution in [0.2, 0.25) is 0 Å². The van der Waals surface area contributed by atoms with Gasteiger partial charge in [-0.3, -0.25) is 14.9 Å². The summed E-state index contributed by atoms with van der Waals surface area (Å²) >= 11 is 0. The van der Waals surface area contributed by atoms with Gasteiger partial charge in [0.25, 0.3) is 11.6 Å². The molecule has 9 heteroatoms. The van der Waals surface area contributed by atoms with Crippen LogP contribution in [0.1, 0.15) is 39.2 Å². The summed E-state index contributed by atoms with van der Waals surface area (Å²) in [7, 11) is 0. The SMILES string of the molecule is CCCCN(CC)c1ccc([N+](=O)[O-])cc1C=NNC(=O)CNc1ccc(OCC)cc1. The van der Waals surface area contributed by atoms with E-state index >= 15 is 0 Å². The quantitative estimate of drug-likeness (QED) is 0.274. The van der Waals surface area contributed by atoms with Crippen molar-refractivity contribution in [2.24, 2.45) is 5.10 Å². The van der Waals surface area contributed by atoms with Crippen molar-refractivity contribution in [3.05, 3.63) is 58.1 Å². The molecule has 172 valence electrons. The Hall–Kier alpha value is -3.62. The van der Waals surface area contributed by atoms with E-state index in [4.69, 9.17) is 4.74 Å². The highest BCUT2D eigenvalue weighted by atomic mass is 16.6. The zero-order chi connectivity index (χ0) is 23.3. The van der Waals surface area contributed by atoms with Crippen LogP contribution in [-0.4, -0.2) is 43.3 Å². The number of amides is 1. The van der Waals surface area contributed by atoms with Crippen LogP contribution >= 0.6 is 0 Å². The van der Waals surface area contributed by atoms with Crippen LogP contribution in [0.4, 0.5) is 17.1 Å². The number of nitro benzene ring substituents is 1. The van der Waals surface area contributed by atoms with Gasteiger partial charge in [0.2, 0.25) is 0 Å². The molecule has 0 bridgehead atoms. The smallest absolute Gasteiger partial charge is 0.270 e. The van der Waals surface area contributed by atoms with E-state index in [1.165, 1.54) is 18.3 Å². The highest BCUT2D eigenvalue weighted by molar-refractivity contribution is 5.90. The first-order valence-corrected chi connectivity index (χ1v) is 10.8. The number of hydrogen-bond acceptors (Lipinski definition) is 7. The molecule has 0 atom stereocenters. The lowest BCUT2D eigenvalue weighted by molar-refractivity contribution is -0.384. The minimum absolute atomic E-state index is 0.0229. The Labute approximate surface area is 188 Å². The summed E-state index contributed by atoms with van der Waals surface area (Å²) in [5.41, 5.74) is 4.65. The molecule has 2 aromatic carbocycles. The Balaban J connectivity index is 2.02. The van der Waals surface area contributed by atoms with Gasteiger partial charge in [-0.05, 0) is 50.6 Å². The van der Waals surface area contributed by atoms with Gasteiger partial charge in [-0.2, -0.15) is 5.10 Å². The lowest BCUT2D eigenvalue weighted by Crippen LogP contribution is -2.26. The number of nitrogens with one attached hydrogen (secondary N) is 2. The number of hydrogen-bond donors (Lipinski definition) is 2. The van der Waals surface area contributed by atoms with E-state index in [1.807, 2.05) is 38.1 Å². The zero-order valence-corrected chi connectivity index (χ0v) is 18.8. The lowest BCUT2D eigenvalue weighted by Gasteiger charge is -2.24. The third kappa shape index (κ3) is 7.57. The summed E-state index contributed by atoms with van der Waals surface area (Å²) in [6, 6.07) is 12.0. The van der Waals surface area contributed by atoms with Crippen LogP contribution in [0.3, 0.4) is 0 Å². The van der Waals surface area contributed by atoms with E-state index in [9.17, 15) is 14.9 Å². The van der Waals surface area contributed by atoms with Crippen LogP contribution in [-0.2, 0) is 4.79 Å². The first-order valence-electron chi connectivity index (χ1n) is 10.8. The molecule has 2 N–H and O–H groups in total. The molecule has 0 heterocycles. The van der Waals surface area contributed by atoms with E-state index in [-0.39, 0.29) is 18.1 Å². The van der Waals surface area contributed by atoms with Gasteiger partial charge >= 0.3 is 0 Å². The number of non-ortho nitro benzene ring substituents is 1. The number of carbonyl (C=O) groups is 1. The molecule has 32 heavy (non-hydrogen) atoms. The first-order chi connectivity index (χ1) is 15.5. The van der Waals surface area contributed by atoms with Gasteiger partial charge < -0.3 is 15.0 Å². The maximum absolute atomic E-state index is 12.1. The average molecular weight is 442 g/mol. The molecule has 0 fully saturated rings. The molecule has 0 spiro atoms. The summed E-state index contributed by atoms with van der Waals surface area (Å²) < 4.78 is 5.39. The molecule has 0 aliphatic carbocycles. The molecule has 0 saturated heterocycles. The third-order valence-electron chi connectivity index (χ3n) is 4.74. The summed E-state index contributed by atoms with van der Waals surface area (Å²) in [5, 5.41) is 18.2. The zero-order valence-electron chi connectivity index (χ0n) is 18.8. The van der Waals surface area contributed by atoms with Gasteiger partial charge in [0.05, 0.1) is 24.3 Å². The summed E-state index contributed by atoms with van der Waals surface area (Å²) in [6.07, 6.45) is 3.51. The molecule has 0 aliphatic heterocycles. The van der Waals surface area contributed by atoms with Gasteiger partial charge in [0, 0.05) is 42.2 Å². The van der Waals surface area contributed by atoms with Crippen molar-refractivity contribution in [2.45, 2.75) is 33.6 Å². The Kier molecular flexibility index (Phi) is 9.96. The van der Waals surface area contributed by atoms with Gasteiger partial charge in [-0.25, -0.2) is 5.43 Å². The minimum atomic E-state index is -0.442. The number of rotatable bonds is 13. The summed E-state index contributed by atoms with van der Waals surface area (Å²) in [6.45, 7) is 8.29. The lowest BCUT2D eigenvalue weighted by atomic mass is 10.1. The highest BCUT2D eigenvalue weighted by Gasteiger charge is 2.14. The maximum Gasteiger partial charge on any atom is 0.270 e. The van der Waals surface area contributed by atoms with Crippen LogP contribution in [0, 0.1) is 10.1 Å². The van der Waals surface area contributed by atoms with E-state index in [1.54, 1.807) is 6.07 Å². The third-order valence-corrected chi connectivity index (χ3v) is 4.74. The molecule has 2 aromatic rings. The number of hydrazone groups is 1. The molecule has 0 aromatic heterocycles. The first kappa shape index (κ1) is 24.6. The van der Waals surface area contributed by atoms with Crippen molar-refractivity contribution in [3.8, 4) is 5.75 Å². The number of benzene rings is 2. The monoisotopic (exact) mass is 441 g/mol. The molecular formula is C23H31N5O4. The predicted molar refractivity (Wildman–Crippen MR) is 128 cm³/mol. The van der Waals surface area contributed by atoms with E-state index < -0.39 is 4.92 Å². The van der Waals surface area contributed by atoms with Crippen molar-refractivity contribution < 1.29 is 14.5 Å². The van der Waals surface area contributed by atoms with Crippen molar-refractivity contribution in [2.75, 3.05) is 36.5 Å². The Morgan fingerprint density at radius 2 is 1.94 bits per heavy atom. The maximum atomic E-state index is 12.1. The van der Waals surface area contributed by atoms with Gasteiger partial charge in [0.15, 0.2) is 0 Å². The molecular weight excluding hydrogens is 410 g/mol. The topological polar surface area (TPSA) is 109 Å². The van der Waals surface area contributed by atoms with Crippen LogP contribution in [0.15, 0.2) is 47.6 Å². The predicted octanol–water partition coefficient (Wildman–Crippen LogP) is 4.18. The van der Waals surface area contributed by atoms with Crippen LogP contribution < -0.4 is 20.4 Å². The second-order valence-corrected chi connectivity index (χ2v) is 7.04. The number of ether oxygens (including phenoxy) is 1. The fourth-order valence-electron chi connectivity index (χ4n) is 3.08. The Morgan fingerprint density at radius 3 is 2.56 bits per heavy atom. The molecule has 0 saturated carbocycles. The van der Waals surface area contributed by atoms with Crippen molar-refractivity contribution in [3.63, 3.8) is 0 Å². The van der Waals surface area contributed by atoms with Gasteiger partial charge in [0.1, 0.15) is 5.75 Å². The van der Waals surface area contributed by atoms with Crippen molar-refractivity contribution in [1.82, 2.24) is 5.43 Å². The van der Waals surface area contributed by atoms with Crippen molar-refractivity contribution >= 4 is 29.2 Å². The second kappa shape index (κ2) is 12.9. The van der Waals surface area contributed by atoms with Crippen LogP contribution in [0.25, 0.3) is 0 Å². The van der Waals surface area contributed by atoms with Crippen molar-refractivity contribution in [1.29, 1.82) is 0 Å². The second-order valence-electron chi connectivity index (χ2n) is 7.04. The van der Waals surface area contributed by atoms with Gasteiger partial charge in [-0.1, -0.05) is 13.3 Å². The summed E-state index contributed by atoms with van der Waals surface area (Å²) in [4.78, 5) is 25.0. The molecule has 1 amide bonds. The van der Waals surface area contributed by atoms with Gasteiger partial charge in [-0.15, -0.1) is 0 Å². The van der Waals surface area contributed by atoms with E-state index in [0.29, 0.717) is 12.2 Å². The standard InChI is InChI=1S/C23H31N5O4/c1-4-7-14-27(5-2)22-13-10-20(28(30)31)15-18(22)16-25-26-23(29)17-24-19-8-11-21(12-9-19)32-6-3/h8-13,15-16,24H,4-7,14,17H2,1-3H3,(H,26,29). The number of carbonyl (C=O) groups excluding carboxylic acids is 1. The Morgan fingerprint density at radius 1 is 1.19 bits per heavy atom. The van der Waals surface area contributed by atoms with Crippen LogP contribution in [0.5, 0.6) is 5.75 Å². The minimum Gasteiger partial charge on any atom is -0.494 e. The fraction of sp³-hybridized carbons (Fsp3) is 0.391. The largest absolute Gasteiger partial charge is 0.494 e.